The molecule has 1 atom stereocenters. The predicted octanol–water partition coefficient (Wildman–Crippen LogP) is 2.72. The number of carboxylic acid groups (broad SMARTS) is 1. The maximum absolute atomic E-state index is 11.8. The SMILES string of the molecule is CCOCCN(CCCCc1ccc2c(n1)NCCC2)CCC(Nc1nccnc1C#N)C(=O)O. The molecule has 3 N–H and O–H groups in total. The topological polar surface area (TPSA) is 136 Å². The van der Waals surface area contributed by atoms with E-state index in [0.717, 1.165) is 63.3 Å². The minimum atomic E-state index is -0.989. The number of pyridine rings is 1. The zero-order valence-electron chi connectivity index (χ0n) is 20.4. The number of aromatic nitrogens is 3. The highest BCUT2D eigenvalue weighted by atomic mass is 16.5. The first-order valence-corrected chi connectivity index (χ1v) is 12.3. The Morgan fingerprint density at radius 3 is 2.94 bits per heavy atom. The fraction of sp³-hybridized carbons (Fsp3) is 0.560. The molecule has 0 saturated heterocycles. The van der Waals surface area contributed by atoms with E-state index >= 15 is 0 Å². The summed E-state index contributed by atoms with van der Waals surface area (Å²) in [6, 6.07) is 5.38. The van der Waals surface area contributed by atoms with E-state index in [1.165, 1.54) is 18.0 Å². The highest BCUT2D eigenvalue weighted by Gasteiger charge is 2.21. The van der Waals surface area contributed by atoms with Gasteiger partial charge >= 0.3 is 5.97 Å². The average Bonchev–Trinajstić information content (AvgIpc) is 2.88. The lowest BCUT2D eigenvalue weighted by Crippen LogP contribution is -2.37. The summed E-state index contributed by atoms with van der Waals surface area (Å²) in [6.07, 6.45) is 8.34. The summed E-state index contributed by atoms with van der Waals surface area (Å²) in [4.78, 5) is 26.9. The van der Waals surface area contributed by atoms with Crippen LogP contribution in [0.2, 0.25) is 0 Å². The summed E-state index contributed by atoms with van der Waals surface area (Å²) < 4.78 is 5.53. The molecule has 188 valence electrons. The average molecular weight is 482 g/mol. The van der Waals surface area contributed by atoms with Gasteiger partial charge in [-0.3, -0.25) is 0 Å². The van der Waals surface area contributed by atoms with Gasteiger partial charge in [-0.05, 0) is 63.6 Å². The van der Waals surface area contributed by atoms with Gasteiger partial charge in [-0.25, -0.2) is 19.7 Å². The molecular weight excluding hydrogens is 446 g/mol. The van der Waals surface area contributed by atoms with E-state index in [1.807, 2.05) is 13.0 Å². The van der Waals surface area contributed by atoms with E-state index in [2.05, 4.69) is 37.6 Å². The third-order valence-corrected chi connectivity index (χ3v) is 6.01. The van der Waals surface area contributed by atoms with Crippen molar-refractivity contribution in [3.63, 3.8) is 0 Å². The van der Waals surface area contributed by atoms with Crippen LogP contribution in [0.5, 0.6) is 0 Å². The van der Waals surface area contributed by atoms with Gasteiger partial charge in [0, 0.05) is 44.3 Å². The Labute approximate surface area is 206 Å². The molecular formula is C25H35N7O3. The number of ether oxygens (including phenoxy) is 1. The number of anilines is 2. The summed E-state index contributed by atoms with van der Waals surface area (Å²) in [5.41, 5.74) is 2.48. The molecule has 3 heterocycles. The van der Waals surface area contributed by atoms with Crippen LogP contribution in [0.3, 0.4) is 0 Å². The first-order chi connectivity index (χ1) is 17.1. The quantitative estimate of drug-likeness (QED) is 0.326. The first kappa shape index (κ1) is 26.3. The van der Waals surface area contributed by atoms with Crippen LogP contribution in [0.25, 0.3) is 0 Å². The van der Waals surface area contributed by atoms with Crippen LogP contribution >= 0.6 is 0 Å². The van der Waals surface area contributed by atoms with E-state index in [9.17, 15) is 15.2 Å². The van der Waals surface area contributed by atoms with Crippen molar-refractivity contribution in [3.8, 4) is 6.07 Å². The van der Waals surface area contributed by atoms with Crippen LogP contribution < -0.4 is 10.6 Å². The van der Waals surface area contributed by atoms with Gasteiger partial charge in [0.2, 0.25) is 0 Å². The Morgan fingerprint density at radius 1 is 1.29 bits per heavy atom. The number of fused-ring (bicyclic) bond motifs is 1. The molecule has 3 rings (SSSR count). The van der Waals surface area contributed by atoms with Gasteiger partial charge in [-0.15, -0.1) is 0 Å². The van der Waals surface area contributed by atoms with Crippen LogP contribution in [0.15, 0.2) is 24.5 Å². The fourth-order valence-electron chi connectivity index (χ4n) is 4.08. The Balaban J connectivity index is 1.50. The summed E-state index contributed by atoms with van der Waals surface area (Å²) >= 11 is 0. The molecule has 2 aromatic rings. The Kier molecular flexibility index (Phi) is 10.7. The second kappa shape index (κ2) is 14.2. The number of nitrogens with one attached hydrogen (secondary N) is 2. The molecule has 0 bridgehead atoms. The van der Waals surface area contributed by atoms with E-state index in [0.29, 0.717) is 26.2 Å². The van der Waals surface area contributed by atoms with Crippen LogP contribution in [0.4, 0.5) is 11.6 Å². The standard InChI is InChI=1S/C25H35N7O3/c1-2-35-17-16-32(14-4-3-7-20-9-8-19-6-5-11-28-23(19)30-20)15-10-21(25(33)34)31-24-22(18-26)27-12-13-29-24/h8-9,12-13,21H,2-7,10-11,14-17H2,1H3,(H,28,30)(H,29,31)(H,33,34). The third kappa shape index (κ3) is 8.46. The lowest BCUT2D eigenvalue weighted by molar-refractivity contribution is -0.138. The molecule has 0 aromatic carbocycles. The lowest BCUT2D eigenvalue weighted by Gasteiger charge is -2.24. The summed E-state index contributed by atoms with van der Waals surface area (Å²) in [7, 11) is 0. The van der Waals surface area contributed by atoms with Crippen molar-refractivity contribution in [3.05, 3.63) is 41.5 Å². The van der Waals surface area contributed by atoms with E-state index in [1.54, 1.807) is 0 Å². The number of carboxylic acids is 1. The highest BCUT2D eigenvalue weighted by Crippen LogP contribution is 2.20. The van der Waals surface area contributed by atoms with Crippen molar-refractivity contribution in [2.75, 3.05) is 50.0 Å². The number of aliphatic carboxylic acids is 1. The van der Waals surface area contributed by atoms with Crippen LogP contribution in [-0.4, -0.2) is 76.4 Å². The number of hydrogen-bond donors (Lipinski definition) is 3. The number of unbranched alkanes of at least 4 members (excludes halogenated alkanes) is 1. The molecule has 1 unspecified atom stereocenters. The minimum absolute atomic E-state index is 0.0814. The van der Waals surface area contributed by atoms with Crippen molar-refractivity contribution < 1.29 is 14.6 Å². The smallest absolute Gasteiger partial charge is 0.326 e. The Morgan fingerprint density at radius 2 is 2.14 bits per heavy atom. The largest absolute Gasteiger partial charge is 0.480 e. The predicted molar refractivity (Wildman–Crippen MR) is 133 cm³/mol. The van der Waals surface area contributed by atoms with Crippen molar-refractivity contribution in [1.82, 2.24) is 19.9 Å². The lowest BCUT2D eigenvalue weighted by atomic mass is 10.1. The van der Waals surface area contributed by atoms with Crippen LogP contribution in [0, 0.1) is 11.3 Å². The number of hydrogen-bond acceptors (Lipinski definition) is 9. The van der Waals surface area contributed by atoms with Gasteiger partial charge in [0.15, 0.2) is 11.5 Å². The molecule has 0 spiro atoms. The minimum Gasteiger partial charge on any atom is -0.480 e. The van der Waals surface area contributed by atoms with Gasteiger partial charge in [-0.2, -0.15) is 5.26 Å². The molecule has 1 aliphatic rings. The van der Waals surface area contributed by atoms with E-state index < -0.39 is 12.0 Å². The van der Waals surface area contributed by atoms with Crippen LogP contribution in [-0.2, 0) is 22.4 Å². The molecule has 0 fully saturated rings. The number of aryl methyl sites for hydroxylation is 2. The number of rotatable bonds is 15. The molecule has 0 amide bonds. The number of nitrogens with zero attached hydrogens (tertiary/aromatic N) is 5. The molecule has 10 heteroatoms. The first-order valence-electron chi connectivity index (χ1n) is 12.3. The Hall–Kier alpha value is -3.29. The zero-order chi connectivity index (χ0) is 24.9. The van der Waals surface area contributed by atoms with Gasteiger partial charge in [0.1, 0.15) is 17.9 Å². The normalized spacial score (nSPS) is 13.5. The molecule has 0 saturated carbocycles. The molecule has 35 heavy (non-hydrogen) atoms. The van der Waals surface area contributed by atoms with Crippen molar-refractivity contribution in [2.24, 2.45) is 0 Å². The maximum Gasteiger partial charge on any atom is 0.326 e. The number of nitriles is 1. The van der Waals surface area contributed by atoms with Gasteiger partial charge in [0.05, 0.1) is 6.61 Å². The molecule has 0 radical (unpaired) electrons. The van der Waals surface area contributed by atoms with Gasteiger partial charge in [0.25, 0.3) is 0 Å². The van der Waals surface area contributed by atoms with Crippen LogP contribution in [0.1, 0.15) is 49.6 Å². The van der Waals surface area contributed by atoms with Crippen molar-refractivity contribution >= 4 is 17.6 Å². The summed E-state index contributed by atoms with van der Waals surface area (Å²) in [5, 5.41) is 25.2. The molecule has 1 aliphatic heterocycles. The Bertz CT molecular complexity index is 995. The fourth-order valence-corrected chi connectivity index (χ4v) is 4.08. The second-order valence-corrected chi connectivity index (χ2v) is 8.53. The molecule has 2 aromatic heterocycles. The summed E-state index contributed by atoms with van der Waals surface area (Å²) in [6.45, 7) is 6.35. The van der Waals surface area contributed by atoms with E-state index in [-0.39, 0.29) is 11.5 Å². The van der Waals surface area contributed by atoms with Crippen molar-refractivity contribution in [2.45, 2.75) is 51.5 Å². The zero-order valence-corrected chi connectivity index (χ0v) is 20.4. The van der Waals surface area contributed by atoms with Gasteiger partial charge < -0.3 is 25.4 Å². The van der Waals surface area contributed by atoms with E-state index in [4.69, 9.17) is 9.72 Å². The number of carbonyl (C=O) groups is 1. The molecule has 10 nitrogen and oxygen atoms in total. The highest BCUT2D eigenvalue weighted by molar-refractivity contribution is 5.77. The summed E-state index contributed by atoms with van der Waals surface area (Å²) in [5.74, 6) is 0.230. The molecule has 0 aliphatic carbocycles. The van der Waals surface area contributed by atoms with Crippen molar-refractivity contribution in [1.29, 1.82) is 5.26 Å². The van der Waals surface area contributed by atoms with Gasteiger partial charge in [-0.1, -0.05) is 6.07 Å². The monoisotopic (exact) mass is 481 g/mol. The third-order valence-electron chi connectivity index (χ3n) is 6.01. The maximum atomic E-state index is 11.8. The second-order valence-electron chi connectivity index (χ2n) is 8.53.